The first-order valence-electron chi connectivity index (χ1n) is 6.86. The van der Waals surface area contributed by atoms with E-state index < -0.39 is 11.8 Å². The molecule has 2 heterocycles. The number of benzene rings is 1. The number of fused-ring (bicyclic) bond motifs is 1. The Bertz CT molecular complexity index is 858. The molecule has 0 fully saturated rings. The van der Waals surface area contributed by atoms with Crippen LogP contribution in [0.2, 0.25) is 0 Å². The van der Waals surface area contributed by atoms with Gasteiger partial charge in [0.05, 0.1) is 12.0 Å². The van der Waals surface area contributed by atoms with Crippen LogP contribution < -0.4 is 0 Å². The summed E-state index contributed by atoms with van der Waals surface area (Å²) in [6.07, 6.45) is 1.61. The van der Waals surface area contributed by atoms with Crippen LogP contribution in [0.3, 0.4) is 0 Å². The molecule has 0 saturated carbocycles. The third-order valence-electron chi connectivity index (χ3n) is 3.39. The third kappa shape index (κ3) is 2.55. The molecule has 112 valence electrons. The number of aryl methyl sites for hydroxylation is 2. The minimum atomic E-state index is -0.923. The van der Waals surface area contributed by atoms with Crippen molar-refractivity contribution in [3.8, 4) is 11.4 Å². The fraction of sp³-hybridized carbons (Fsp3) is 0.188. The summed E-state index contributed by atoms with van der Waals surface area (Å²) in [4.78, 5) is 19.6. The fourth-order valence-electron chi connectivity index (χ4n) is 2.38. The van der Waals surface area contributed by atoms with Crippen LogP contribution in [0, 0.1) is 12.7 Å². The Morgan fingerprint density at radius 2 is 2.14 bits per heavy atom. The number of aromatic nitrogens is 3. The van der Waals surface area contributed by atoms with Crippen molar-refractivity contribution in [3.63, 3.8) is 0 Å². The lowest BCUT2D eigenvalue weighted by atomic mass is 10.2. The SMILES string of the molecule is Cc1cnc2c(c1)nc(-c1ccccc1F)n2CCC(=O)O. The van der Waals surface area contributed by atoms with Crippen LogP contribution in [-0.2, 0) is 11.3 Å². The molecule has 0 aliphatic heterocycles. The predicted octanol–water partition coefficient (Wildman–Crippen LogP) is 3.02. The lowest BCUT2D eigenvalue weighted by Crippen LogP contribution is -2.07. The van der Waals surface area contributed by atoms with Gasteiger partial charge in [-0.3, -0.25) is 4.79 Å². The highest BCUT2D eigenvalue weighted by atomic mass is 19.1. The van der Waals surface area contributed by atoms with Gasteiger partial charge >= 0.3 is 5.97 Å². The predicted molar refractivity (Wildman–Crippen MR) is 79.9 cm³/mol. The topological polar surface area (TPSA) is 68.0 Å². The van der Waals surface area contributed by atoms with Gasteiger partial charge < -0.3 is 9.67 Å². The molecule has 22 heavy (non-hydrogen) atoms. The molecule has 0 amide bonds. The van der Waals surface area contributed by atoms with Crippen molar-refractivity contribution in [1.82, 2.24) is 14.5 Å². The van der Waals surface area contributed by atoms with Crippen molar-refractivity contribution < 1.29 is 14.3 Å². The number of hydrogen-bond acceptors (Lipinski definition) is 3. The number of carboxylic acid groups (broad SMARTS) is 1. The zero-order valence-electron chi connectivity index (χ0n) is 12.0. The van der Waals surface area contributed by atoms with Crippen molar-refractivity contribution in [2.75, 3.05) is 0 Å². The van der Waals surface area contributed by atoms with Crippen molar-refractivity contribution in [1.29, 1.82) is 0 Å². The normalized spacial score (nSPS) is 11.0. The van der Waals surface area contributed by atoms with E-state index >= 15 is 0 Å². The van der Waals surface area contributed by atoms with Crippen molar-refractivity contribution >= 4 is 17.1 Å². The zero-order valence-corrected chi connectivity index (χ0v) is 12.0. The molecule has 0 spiro atoms. The van der Waals surface area contributed by atoms with E-state index in [0.717, 1.165) is 5.56 Å². The van der Waals surface area contributed by atoms with Crippen molar-refractivity contribution in [3.05, 3.63) is 47.9 Å². The second kappa shape index (κ2) is 5.55. The summed E-state index contributed by atoms with van der Waals surface area (Å²) in [5.41, 5.74) is 2.47. The highest BCUT2D eigenvalue weighted by molar-refractivity contribution is 5.78. The second-order valence-electron chi connectivity index (χ2n) is 5.07. The van der Waals surface area contributed by atoms with E-state index in [-0.39, 0.29) is 13.0 Å². The highest BCUT2D eigenvalue weighted by Gasteiger charge is 2.17. The minimum absolute atomic E-state index is 0.0809. The number of aliphatic carboxylic acids is 1. The summed E-state index contributed by atoms with van der Waals surface area (Å²) in [6.45, 7) is 2.08. The van der Waals surface area contributed by atoms with E-state index in [0.29, 0.717) is 22.6 Å². The van der Waals surface area contributed by atoms with E-state index in [9.17, 15) is 9.18 Å². The molecule has 3 aromatic rings. The van der Waals surface area contributed by atoms with Crippen LogP contribution in [0.4, 0.5) is 4.39 Å². The molecule has 6 heteroatoms. The highest BCUT2D eigenvalue weighted by Crippen LogP contribution is 2.26. The van der Waals surface area contributed by atoms with Gasteiger partial charge in [0.1, 0.15) is 17.2 Å². The molecule has 1 aromatic carbocycles. The van der Waals surface area contributed by atoms with Gasteiger partial charge in [0.15, 0.2) is 5.65 Å². The molecule has 0 atom stereocenters. The molecule has 1 N–H and O–H groups in total. The Labute approximate surface area is 126 Å². The summed E-state index contributed by atoms with van der Waals surface area (Å²) in [7, 11) is 0. The molecule has 0 unspecified atom stereocenters. The minimum Gasteiger partial charge on any atom is -0.481 e. The van der Waals surface area contributed by atoms with Gasteiger partial charge in [0, 0.05) is 12.7 Å². The standard InChI is InChI=1S/C16H14FN3O2/c1-10-8-13-16(18-9-10)20(7-6-14(21)22)15(19-13)11-4-2-3-5-12(11)17/h2-5,8-9H,6-7H2,1H3,(H,21,22). The van der Waals surface area contributed by atoms with E-state index in [1.165, 1.54) is 6.07 Å². The van der Waals surface area contributed by atoms with Gasteiger partial charge in [-0.25, -0.2) is 14.4 Å². The molecule has 5 nitrogen and oxygen atoms in total. The van der Waals surface area contributed by atoms with Crippen LogP contribution in [0.15, 0.2) is 36.5 Å². The summed E-state index contributed by atoms with van der Waals surface area (Å²) in [5, 5.41) is 8.92. The number of hydrogen-bond donors (Lipinski definition) is 1. The van der Waals surface area contributed by atoms with Crippen LogP contribution in [0.1, 0.15) is 12.0 Å². The average Bonchev–Trinajstić information content (AvgIpc) is 2.83. The average molecular weight is 299 g/mol. The Kier molecular flexibility index (Phi) is 3.58. The molecule has 0 saturated heterocycles. The number of nitrogens with zero attached hydrogens (tertiary/aromatic N) is 3. The van der Waals surface area contributed by atoms with Crippen LogP contribution in [0.5, 0.6) is 0 Å². The smallest absolute Gasteiger partial charge is 0.305 e. The zero-order chi connectivity index (χ0) is 15.7. The Morgan fingerprint density at radius 3 is 2.86 bits per heavy atom. The van der Waals surface area contributed by atoms with E-state index in [1.807, 2.05) is 13.0 Å². The molecule has 3 rings (SSSR count). The number of imidazole rings is 1. The number of carboxylic acids is 1. The van der Waals surface area contributed by atoms with Gasteiger partial charge in [-0.15, -0.1) is 0 Å². The first kappa shape index (κ1) is 14.2. The Morgan fingerprint density at radius 1 is 1.36 bits per heavy atom. The van der Waals surface area contributed by atoms with Gasteiger partial charge in [-0.2, -0.15) is 0 Å². The summed E-state index contributed by atoms with van der Waals surface area (Å²) in [6, 6.07) is 8.16. The molecule has 2 aromatic heterocycles. The molecule has 0 bridgehead atoms. The maximum atomic E-state index is 14.1. The monoisotopic (exact) mass is 299 g/mol. The van der Waals surface area contributed by atoms with E-state index in [4.69, 9.17) is 5.11 Å². The van der Waals surface area contributed by atoms with E-state index in [1.54, 1.807) is 29.0 Å². The first-order valence-corrected chi connectivity index (χ1v) is 6.86. The number of carbonyl (C=O) groups is 1. The molecule has 0 aliphatic carbocycles. The molecular weight excluding hydrogens is 285 g/mol. The third-order valence-corrected chi connectivity index (χ3v) is 3.39. The lowest BCUT2D eigenvalue weighted by molar-refractivity contribution is -0.137. The Balaban J connectivity index is 2.21. The van der Waals surface area contributed by atoms with Crippen LogP contribution in [0.25, 0.3) is 22.6 Å². The van der Waals surface area contributed by atoms with Crippen molar-refractivity contribution in [2.45, 2.75) is 19.9 Å². The number of halogens is 1. The number of rotatable bonds is 4. The maximum absolute atomic E-state index is 14.1. The molecular formula is C16H14FN3O2. The molecule has 0 radical (unpaired) electrons. The van der Waals surface area contributed by atoms with Gasteiger partial charge in [-0.05, 0) is 30.7 Å². The largest absolute Gasteiger partial charge is 0.481 e. The van der Waals surface area contributed by atoms with E-state index in [2.05, 4.69) is 9.97 Å². The lowest BCUT2D eigenvalue weighted by Gasteiger charge is -2.08. The summed E-state index contributed by atoms with van der Waals surface area (Å²) in [5.74, 6) is -0.924. The van der Waals surface area contributed by atoms with Crippen molar-refractivity contribution in [2.24, 2.45) is 0 Å². The Hall–Kier alpha value is -2.76. The van der Waals surface area contributed by atoms with Gasteiger partial charge in [0.2, 0.25) is 0 Å². The number of pyridine rings is 1. The van der Waals surface area contributed by atoms with Gasteiger partial charge in [0.25, 0.3) is 0 Å². The molecule has 0 aliphatic rings. The van der Waals surface area contributed by atoms with Crippen LogP contribution >= 0.6 is 0 Å². The van der Waals surface area contributed by atoms with Crippen LogP contribution in [-0.4, -0.2) is 25.6 Å². The summed E-state index contributed by atoms with van der Waals surface area (Å²) >= 11 is 0. The first-order chi connectivity index (χ1) is 10.6. The van der Waals surface area contributed by atoms with Gasteiger partial charge in [-0.1, -0.05) is 12.1 Å². The fourth-order valence-corrected chi connectivity index (χ4v) is 2.38. The second-order valence-corrected chi connectivity index (χ2v) is 5.07. The maximum Gasteiger partial charge on any atom is 0.305 e. The summed E-state index contributed by atoms with van der Waals surface area (Å²) < 4.78 is 15.7. The quantitative estimate of drug-likeness (QED) is 0.804.